The number of benzene rings is 1. The van der Waals surface area contributed by atoms with Crippen LogP contribution in [0.4, 0.5) is 5.69 Å². The zero-order valence-electron chi connectivity index (χ0n) is 11.3. The van der Waals surface area contributed by atoms with Crippen molar-refractivity contribution in [3.63, 3.8) is 0 Å². The first-order valence-electron chi connectivity index (χ1n) is 6.04. The molecule has 0 heterocycles. The molecule has 6 heteroatoms. The predicted octanol–water partition coefficient (Wildman–Crippen LogP) is 1.21. The van der Waals surface area contributed by atoms with Gasteiger partial charge in [-0.15, -0.1) is 6.58 Å². The third kappa shape index (κ3) is 5.53. The smallest absolute Gasteiger partial charge is 0.317 e. The number of carbonyl (C=O) groups is 2. The van der Waals surface area contributed by atoms with Gasteiger partial charge in [-0.1, -0.05) is 6.08 Å². The van der Waals surface area contributed by atoms with E-state index in [1.807, 2.05) is 0 Å². The zero-order valence-corrected chi connectivity index (χ0v) is 11.3. The van der Waals surface area contributed by atoms with Crippen LogP contribution in [0.5, 0.6) is 5.75 Å². The number of carboxylic acids is 1. The Kier molecular flexibility index (Phi) is 6.25. The number of nitrogens with zero attached hydrogens (tertiary/aromatic N) is 1. The molecule has 1 aromatic rings. The third-order valence-electron chi connectivity index (χ3n) is 2.49. The Bertz CT molecular complexity index is 471. The SMILES string of the molecule is C=CCN(CC(=O)O)CC(=O)Nc1ccc(OC)cc1. The van der Waals surface area contributed by atoms with Crippen LogP contribution in [0.15, 0.2) is 36.9 Å². The van der Waals surface area contributed by atoms with E-state index in [2.05, 4.69) is 11.9 Å². The molecule has 0 unspecified atom stereocenters. The predicted molar refractivity (Wildman–Crippen MR) is 75.9 cm³/mol. The summed E-state index contributed by atoms with van der Waals surface area (Å²) >= 11 is 0. The van der Waals surface area contributed by atoms with Crippen LogP contribution in [0.1, 0.15) is 0 Å². The van der Waals surface area contributed by atoms with Gasteiger partial charge in [-0.05, 0) is 24.3 Å². The molecule has 0 bridgehead atoms. The van der Waals surface area contributed by atoms with Crippen molar-refractivity contribution in [2.45, 2.75) is 0 Å². The van der Waals surface area contributed by atoms with E-state index in [1.165, 1.54) is 4.90 Å². The Morgan fingerprint density at radius 2 is 2.00 bits per heavy atom. The normalized spacial score (nSPS) is 10.1. The molecule has 108 valence electrons. The molecule has 0 aliphatic carbocycles. The molecule has 2 N–H and O–H groups in total. The third-order valence-corrected chi connectivity index (χ3v) is 2.49. The molecule has 0 atom stereocenters. The molecule has 1 aromatic carbocycles. The number of nitrogens with one attached hydrogen (secondary N) is 1. The minimum atomic E-state index is -0.982. The van der Waals surface area contributed by atoms with E-state index in [9.17, 15) is 9.59 Å². The Morgan fingerprint density at radius 1 is 1.35 bits per heavy atom. The van der Waals surface area contributed by atoms with E-state index in [0.29, 0.717) is 18.0 Å². The van der Waals surface area contributed by atoms with Crippen LogP contribution in [-0.4, -0.2) is 48.6 Å². The monoisotopic (exact) mass is 278 g/mol. The summed E-state index contributed by atoms with van der Waals surface area (Å²) in [4.78, 5) is 24.0. The summed E-state index contributed by atoms with van der Waals surface area (Å²) in [7, 11) is 1.56. The summed E-state index contributed by atoms with van der Waals surface area (Å²) < 4.78 is 5.02. The maximum atomic E-state index is 11.8. The highest BCUT2D eigenvalue weighted by Gasteiger charge is 2.12. The Morgan fingerprint density at radius 3 is 2.50 bits per heavy atom. The number of aliphatic carboxylic acids is 1. The largest absolute Gasteiger partial charge is 0.497 e. The quantitative estimate of drug-likeness (QED) is 0.699. The van der Waals surface area contributed by atoms with Crippen molar-refractivity contribution in [3.05, 3.63) is 36.9 Å². The minimum absolute atomic E-state index is 0.00957. The number of carboxylic acid groups (broad SMARTS) is 1. The van der Waals surface area contributed by atoms with Crippen molar-refractivity contribution in [2.75, 3.05) is 32.1 Å². The van der Waals surface area contributed by atoms with Crippen molar-refractivity contribution in [3.8, 4) is 5.75 Å². The number of anilines is 1. The van der Waals surface area contributed by atoms with Crippen molar-refractivity contribution in [1.82, 2.24) is 4.90 Å². The number of rotatable bonds is 8. The fourth-order valence-corrected chi connectivity index (χ4v) is 1.64. The van der Waals surface area contributed by atoms with Gasteiger partial charge in [-0.2, -0.15) is 0 Å². The second kappa shape index (κ2) is 7.96. The van der Waals surface area contributed by atoms with Crippen molar-refractivity contribution < 1.29 is 19.4 Å². The maximum absolute atomic E-state index is 11.8. The van der Waals surface area contributed by atoms with Crippen LogP contribution in [0.2, 0.25) is 0 Å². The average Bonchev–Trinajstić information content (AvgIpc) is 2.39. The molecule has 1 rings (SSSR count). The lowest BCUT2D eigenvalue weighted by Crippen LogP contribution is -2.36. The van der Waals surface area contributed by atoms with E-state index in [4.69, 9.17) is 9.84 Å². The Balaban J connectivity index is 2.55. The second-order valence-electron chi connectivity index (χ2n) is 4.13. The second-order valence-corrected chi connectivity index (χ2v) is 4.13. The summed E-state index contributed by atoms with van der Waals surface area (Å²) in [6.07, 6.45) is 1.56. The van der Waals surface area contributed by atoms with Crippen LogP contribution in [-0.2, 0) is 9.59 Å². The lowest BCUT2D eigenvalue weighted by atomic mass is 10.3. The maximum Gasteiger partial charge on any atom is 0.317 e. The van der Waals surface area contributed by atoms with E-state index in [0.717, 1.165) is 0 Å². The summed E-state index contributed by atoms with van der Waals surface area (Å²) in [6, 6.07) is 6.89. The van der Waals surface area contributed by atoms with Gasteiger partial charge in [-0.3, -0.25) is 14.5 Å². The molecule has 0 fully saturated rings. The van der Waals surface area contributed by atoms with E-state index >= 15 is 0 Å². The highest BCUT2D eigenvalue weighted by molar-refractivity contribution is 5.92. The number of hydrogen-bond donors (Lipinski definition) is 2. The molecule has 0 aliphatic rings. The molecule has 6 nitrogen and oxygen atoms in total. The van der Waals surface area contributed by atoms with E-state index in [-0.39, 0.29) is 19.0 Å². The first kappa shape index (κ1) is 15.7. The molecule has 0 aromatic heterocycles. The lowest BCUT2D eigenvalue weighted by Gasteiger charge is -2.17. The van der Waals surface area contributed by atoms with Gasteiger partial charge in [0.1, 0.15) is 5.75 Å². The van der Waals surface area contributed by atoms with Gasteiger partial charge in [0.25, 0.3) is 0 Å². The molecule has 0 aliphatic heterocycles. The molecule has 1 amide bonds. The molecule has 0 saturated carbocycles. The van der Waals surface area contributed by atoms with Gasteiger partial charge >= 0.3 is 5.97 Å². The van der Waals surface area contributed by atoms with Crippen molar-refractivity contribution >= 4 is 17.6 Å². The van der Waals surface area contributed by atoms with Crippen LogP contribution < -0.4 is 10.1 Å². The number of hydrogen-bond acceptors (Lipinski definition) is 4. The lowest BCUT2D eigenvalue weighted by molar-refractivity contribution is -0.138. The molecular weight excluding hydrogens is 260 g/mol. The Hall–Kier alpha value is -2.34. The molecular formula is C14H18N2O4. The molecule has 20 heavy (non-hydrogen) atoms. The molecule has 0 spiro atoms. The first-order chi connectivity index (χ1) is 9.55. The zero-order chi connectivity index (χ0) is 15.0. The fraction of sp³-hybridized carbons (Fsp3) is 0.286. The Labute approximate surface area is 117 Å². The van der Waals surface area contributed by atoms with Crippen LogP contribution in [0.25, 0.3) is 0 Å². The summed E-state index contributed by atoms with van der Waals surface area (Å²) in [5, 5.41) is 11.4. The van der Waals surface area contributed by atoms with Gasteiger partial charge < -0.3 is 15.2 Å². The van der Waals surface area contributed by atoms with Gasteiger partial charge in [-0.25, -0.2) is 0 Å². The summed E-state index contributed by atoms with van der Waals surface area (Å²) in [5.41, 5.74) is 0.629. The van der Waals surface area contributed by atoms with Crippen molar-refractivity contribution in [2.24, 2.45) is 0 Å². The van der Waals surface area contributed by atoms with E-state index in [1.54, 1.807) is 37.5 Å². The van der Waals surface area contributed by atoms with Gasteiger partial charge in [0, 0.05) is 12.2 Å². The highest BCUT2D eigenvalue weighted by atomic mass is 16.5. The van der Waals surface area contributed by atoms with Gasteiger partial charge in [0.2, 0.25) is 5.91 Å². The number of amides is 1. The van der Waals surface area contributed by atoms with Gasteiger partial charge in [0.05, 0.1) is 20.2 Å². The van der Waals surface area contributed by atoms with Gasteiger partial charge in [0.15, 0.2) is 0 Å². The molecule has 0 saturated heterocycles. The number of methoxy groups -OCH3 is 1. The van der Waals surface area contributed by atoms with Crippen LogP contribution in [0.3, 0.4) is 0 Å². The topological polar surface area (TPSA) is 78.9 Å². The average molecular weight is 278 g/mol. The van der Waals surface area contributed by atoms with Crippen molar-refractivity contribution in [1.29, 1.82) is 0 Å². The highest BCUT2D eigenvalue weighted by Crippen LogP contribution is 2.14. The summed E-state index contributed by atoms with van der Waals surface area (Å²) in [5.74, 6) is -0.565. The van der Waals surface area contributed by atoms with Crippen LogP contribution in [0, 0.1) is 0 Å². The number of ether oxygens (including phenoxy) is 1. The standard InChI is InChI=1S/C14H18N2O4/c1-3-8-16(10-14(18)19)9-13(17)15-11-4-6-12(20-2)7-5-11/h3-7H,1,8-10H2,2H3,(H,15,17)(H,18,19). The first-order valence-corrected chi connectivity index (χ1v) is 6.04. The number of carbonyl (C=O) groups excluding carboxylic acids is 1. The van der Waals surface area contributed by atoms with E-state index < -0.39 is 5.97 Å². The van der Waals surface area contributed by atoms with Crippen LogP contribution >= 0.6 is 0 Å². The minimum Gasteiger partial charge on any atom is -0.497 e. The summed E-state index contributed by atoms with van der Waals surface area (Å²) in [6.45, 7) is 3.66. The molecule has 0 radical (unpaired) electrons. The fourth-order valence-electron chi connectivity index (χ4n) is 1.64.